The minimum absolute atomic E-state index is 0.0114. The fourth-order valence-corrected chi connectivity index (χ4v) is 16.6. The van der Waals surface area contributed by atoms with Gasteiger partial charge in [-0.3, -0.25) is 57.6 Å². The lowest BCUT2D eigenvalue weighted by Gasteiger charge is -2.48. The molecule has 0 radical (unpaired) electrons. The number of aryl methyl sites for hydroxylation is 2. The fourth-order valence-electron chi connectivity index (χ4n) is 15.4. The van der Waals surface area contributed by atoms with Crippen molar-refractivity contribution in [3.8, 4) is 0 Å². The molecule has 2 aromatic rings. The first-order valence-electron chi connectivity index (χ1n) is 30.6. The summed E-state index contributed by atoms with van der Waals surface area (Å²) in [5, 5.41) is 28.2. The SMILES string of the molecule is C/C1=C2N=C(/C=C3\N/C(=C(/C)C4=N[C@@](C)([C@@H]5N=C1[C@](C)(CCC(=O)NC[C@@H](C)OP(=O)(O)OC1C(O)[C@@H](n6cnc7cc(C)c(C)cc76)O[C@@H]1CO)[C@H]5CC(N)=O)[C@@](C)(CC(N)=O)[C@@H]4CCC(N)=O)[C@@](C)(CC(N)=O)[C@@H]3CCC(N)=O)C(C)(C)[C@@H]/2CCC(N)=O. The lowest BCUT2D eigenvalue weighted by atomic mass is 9.55. The van der Waals surface area contributed by atoms with Crippen LogP contribution in [0.4, 0.5) is 0 Å². The number of carbonyl (C=O) groups is 7. The number of ether oxygens (including phenoxy) is 1. The molecule has 8 bridgehead atoms. The van der Waals surface area contributed by atoms with Gasteiger partial charge in [-0.1, -0.05) is 34.6 Å². The molecule has 492 valence electrons. The molecule has 27 nitrogen and oxygen atoms in total. The number of hydrogen-bond donors (Lipinski definition) is 11. The van der Waals surface area contributed by atoms with E-state index in [1.807, 2.05) is 87.4 Å². The summed E-state index contributed by atoms with van der Waals surface area (Å²) in [6, 6.07) is 2.70. The Balaban J connectivity index is 1.19. The molecule has 6 aliphatic rings. The molecule has 2 saturated heterocycles. The van der Waals surface area contributed by atoms with E-state index < -0.39 is 143 Å². The van der Waals surface area contributed by atoms with E-state index >= 15 is 0 Å². The molecule has 90 heavy (non-hydrogen) atoms. The second-order valence-electron chi connectivity index (χ2n) is 27.1. The van der Waals surface area contributed by atoms with Crippen LogP contribution in [0.2, 0.25) is 0 Å². The van der Waals surface area contributed by atoms with E-state index in [1.54, 1.807) is 4.57 Å². The fraction of sp³-hybridized carbons (Fsp3) is 0.629. The third-order valence-electron chi connectivity index (χ3n) is 20.6. The number of aliphatic hydroxyl groups is 2. The number of fused-ring (bicyclic) bond motifs is 7. The minimum Gasteiger partial charge on any atom is -0.394 e. The Morgan fingerprint density at radius 3 is 1.99 bits per heavy atom. The number of phosphoric ester groups is 1. The highest BCUT2D eigenvalue weighted by molar-refractivity contribution is 7.47. The van der Waals surface area contributed by atoms with E-state index in [-0.39, 0.29) is 77.2 Å². The molecule has 1 aromatic heterocycles. The highest BCUT2D eigenvalue weighted by Crippen LogP contribution is 2.63. The number of aliphatic hydroxyl groups excluding tert-OH is 2. The van der Waals surface area contributed by atoms with Gasteiger partial charge in [-0.25, -0.2) is 9.55 Å². The van der Waals surface area contributed by atoms with Crippen LogP contribution in [0.3, 0.4) is 0 Å². The van der Waals surface area contributed by atoms with Crippen LogP contribution in [0.1, 0.15) is 150 Å². The van der Waals surface area contributed by atoms with E-state index in [2.05, 4.69) is 15.6 Å². The molecule has 2 fully saturated rings. The topological polar surface area (TPSA) is 460 Å². The van der Waals surface area contributed by atoms with Crippen molar-refractivity contribution in [1.82, 2.24) is 20.2 Å². The smallest absolute Gasteiger partial charge is 0.394 e. The van der Waals surface area contributed by atoms with Crippen LogP contribution in [-0.2, 0) is 51.9 Å². The quantitative estimate of drug-likeness (QED) is 0.0603. The molecule has 0 aliphatic carbocycles. The first-order chi connectivity index (χ1) is 41.8. The molecule has 7 heterocycles. The maximum Gasteiger partial charge on any atom is 0.472 e. The summed E-state index contributed by atoms with van der Waals surface area (Å²) in [5.41, 5.74) is 37.4. The first-order valence-corrected chi connectivity index (χ1v) is 32.1. The molecule has 0 spiro atoms. The molecule has 6 aliphatic heterocycles. The van der Waals surface area contributed by atoms with Crippen molar-refractivity contribution in [1.29, 1.82) is 0 Å². The highest BCUT2D eigenvalue weighted by Gasteiger charge is 2.66. The average Bonchev–Trinajstić information content (AvgIpc) is 1.53. The summed E-state index contributed by atoms with van der Waals surface area (Å²) in [4.78, 5) is 126. The number of rotatable bonds is 26. The van der Waals surface area contributed by atoms with Gasteiger partial charge < -0.3 is 69.4 Å². The van der Waals surface area contributed by atoms with Gasteiger partial charge in [0.1, 0.15) is 18.3 Å². The van der Waals surface area contributed by atoms with E-state index in [0.29, 0.717) is 56.4 Å². The number of amides is 7. The van der Waals surface area contributed by atoms with Crippen molar-refractivity contribution < 1.29 is 67.0 Å². The zero-order valence-corrected chi connectivity index (χ0v) is 54.1. The summed E-state index contributed by atoms with van der Waals surface area (Å²) in [6.45, 7) is 19.3. The molecule has 0 saturated carbocycles. The molecular formula is C62H90N13O14P. The van der Waals surface area contributed by atoms with Gasteiger partial charge in [0.15, 0.2) is 6.23 Å². The predicted octanol–water partition coefficient (Wildman–Crippen LogP) is 3.16. The molecule has 15 atom stereocenters. The van der Waals surface area contributed by atoms with Crippen LogP contribution in [0, 0.1) is 59.2 Å². The van der Waals surface area contributed by atoms with Crippen LogP contribution in [0.25, 0.3) is 11.0 Å². The molecule has 28 heteroatoms. The van der Waals surface area contributed by atoms with Gasteiger partial charge in [0.2, 0.25) is 41.4 Å². The van der Waals surface area contributed by atoms with E-state index in [0.717, 1.165) is 11.1 Å². The second kappa shape index (κ2) is 25.6. The van der Waals surface area contributed by atoms with E-state index in [1.165, 1.54) is 13.3 Å². The molecule has 7 amide bonds. The molecular weight excluding hydrogens is 1180 g/mol. The van der Waals surface area contributed by atoms with Gasteiger partial charge in [0.05, 0.1) is 41.7 Å². The van der Waals surface area contributed by atoms with Gasteiger partial charge >= 0.3 is 7.82 Å². The first kappa shape index (κ1) is 68.9. The normalized spacial score (nSPS) is 34.2. The summed E-state index contributed by atoms with van der Waals surface area (Å²) < 4.78 is 32.3. The van der Waals surface area contributed by atoms with Crippen molar-refractivity contribution in [2.24, 2.45) is 94.7 Å². The van der Waals surface area contributed by atoms with Crippen molar-refractivity contribution >= 4 is 77.3 Å². The number of aromatic nitrogens is 2. The number of carbonyl (C=O) groups excluding carboxylic acids is 7. The Morgan fingerprint density at radius 1 is 0.800 bits per heavy atom. The number of allylic oxidation sites excluding steroid dienone is 6. The Bertz CT molecular complexity index is 3540. The Hall–Kier alpha value is -7.00. The molecule has 1 aromatic carbocycles. The number of aliphatic imine (C=N–C) groups is 3. The van der Waals surface area contributed by atoms with Crippen LogP contribution in [0.5, 0.6) is 0 Å². The third-order valence-corrected chi connectivity index (χ3v) is 21.7. The van der Waals surface area contributed by atoms with Crippen molar-refractivity contribution in [2.45, 2.75) is 189 Å². The number of benzene rings is 1. The summed E-state index contributed by atoms with van der Waals surface area (Å²) in [6.07, 6.45) is -4.26. The third kappa shape index (κ3) is 13.0. The minimum atomic E-state index is -5.07. The Labute approximate surface area is 523 Å². The standard InChI is InChI=1S/C62H90N13O14P/c1-29-20-39-40(21-30(29)2)75(28-70-39)57-52(84)53(41(27-76)87-57)89-90(85,86)88-31(3)26-69-49(83)18-19-59(8)37(22-46(66)80)56-62(11)61(10,25-48(68)82)36(14-17-45(65)79)51(74-62)33(5)55-60(9,24-47(67)81)34(12-15-43(63)77)38(71-55)23-42-58(6,7)35(13-16-44(64)78)50(72-42)32(4)54(59)73-56/h20-21,23,28,31,34-37,41,52-53,56-57,71,76,84H,12-19,22,24-27H2,1-11H3,(H2,63,77)(H2,64,78)(H2,65,79)(H2,66,80)(H2,67,81)(H2,68,82)(H,69,83)(H,85,86)/b38-23-,50-32-,55-33-/t31-,34-,35-,36-,37+,41-,52?,53?,56-,57+,59-,60+,61+,62+/m1/s1. The summed E-state index contributed by atoms with van der Waals surface area (Å²) in [7, 11) is -5.07. The van der Waals surface area contributed by atoms with Gasteiger partial charge in [-0.15, -0.1) is 0 Å². The number of phosphoric acid groups is 1. The lowest BCUT2D eigenvalue weighted by Crippen LogP contribution is -2.56. The Morgan fingerprint density at radius 2 is 1.40 bits per heavy atom. The number of nitrogens with two attached hydrogens (primary N) is 6. The van der Waals surface area contributed by atoms with Crippen LogP contribution in [0.15, 0.2) is 67.8 Å². The molecule has 3 unspecified atom stereocenters. The van der Waals surface area contributed by atoms with Gasteiger partial charge in [0, 0.05) is 131 Å². The highest BCUT2D eigenvalue weighted by atomic mass is 31.2. The Kier molecular flexibility index (Phi) is 19.6. The van der Waals surface area contributed by atoms with Crippen LogP contribution in [-0.4, -0.2) is 132 Å². The van der Waals surface area contributed by atoms with E-state index in [4.69, 9.17) is 63.2 Å². The van der Waals surface area contributed by atoms with Gasteiger partial charge in [0.25, 0.3) is 0 Å². The monoisotopic (exact) mass is 1270 g/mol. The van der Waals surface area contributed by atoms with Gasteiger partial charge in [-0.05, 0) is 108 Å². The predicted molar refractivity (Wildman–Crippen MR) is 334 cm³/mol. The second-order valence-corrected chi connectivity index (χ2v) is 28.4. The largest absolute Gasteiger partial charge is 0.472 e. The number of nitrogens with zero attached hydrogens (tertiary/aromatic N) is 5. The zero-order chi connectivity index (χ0) is 66.7. The maximum atomic E-state index is 14.4. The molecule has 8 rings (SSSR count). The van der Waals surface area contributed by atoms with E-state index in [9.17, 15) is 53.2 Å². The number of hydrogen-bond acceptors (Lipinski definition) is 18. The zero-order valence-electron chi connectivity index (χ0n) is 53.3. The number of primary amides is 6. The number of nitrogens with one attached hydrogen (secondary N) is 2. The number of imidazole rings is 1. The maximum absolute atomic E-state index is 14.4. The van der Waals surface area contributed by atoms with Crippen LogP contribution < -0.4 is 45.0 Å². The summed E-state index contributed by atoms with van der Waals surface area (Å²) in [5.74, 6) is -7.18. The average molecular weight is 1270 g/mol. The lowest BCUT2D eigenvalue weighted by molar-refractivity contribution is -0.124. The van der Waals surface area contributed by atoms with Crippen LogP contribution >= 0.6 is 7.82 Å². The van der Waals surface area contributed by atoms with Crippen molar-refractivity contribution in [2.75, 3.05) is 13.2 Å². The summed E-state index contributed by atoms with van der Waals surface area (Å²) >= 11 is 0. The molecule has 17 N–H and O–H groups in total. The van der Waals surface area contributed by atoms with Crippen molar-refractivity contribution in [3.05, 3.63) is 63.9 Å². The van der Waals surface area contributed by atoms with Crippen molar-refractivity contribution in [3.63, 3.8) is 0 Å². The van der Waals surface area contributed by atoms with Gasteiger partial charge in [-0.2, -0.15) is 0 Å².